The number of rotatable bonds is 4. The molecule has 0 heterocycles. The first kappa shape index (κ1) is 11.6. The number of hydrogen-bond donors (Lipinski definition) is 1. The summed E-state index contributed by atoms with van der Waals surface area (Å²) in [5, 5.41) is 9.53. The molecule has 0 aromatic heterocycles. The maximum absolute atomic E-state index is 9.53. The lowest BCUT2D eigenvalue weighted by Gasteiger charge is -2.13. The van der Waals surface area contributed by atoms with Crippen molar-refractivity contribution in [2.45, 2.75) is 26.4 Å². The minimum atomic E-state index is -0.522. The fraction of sp³-hybridized carbons (Fsp3) is 0.385. The van der Waals surface area contributed by atoms with Crippen LogP contribution in [0, 0.1) is 19.3 Å². The summed E-state index contributed by atoms with van der Waals surface area (Å²) in [5.74, 6) is 3.24. The molecule has 0 saturated carbocycles. The van der Waals surface area contributed by atoms with Crippen LogP contribution in [0.1, 0.15) is 30.6 Å². The molecule has 1 aromatic carbocycles. The van der Waals surface area contributed by atoms with Gasteiger partial charge in [0.1, 0.15) is 5.75 Å². The monoisotopic (exact) mass is 204 g/mol. The topological polar surface area (TPSA) is 29.5 Å². The van der Waals surface area contributed by atoms with Gasteiger partial charge in [-0.2, -0.15) is 0 Å². The molecule has 2 nitrogen and oxygen atoms in total. The number of aryl methyl sites for hydroxylation is 1. The lowest BCUT2D eigenvalue weighted by atomic mass is 10.1. The SMILES string of the molecule is C#CCCOc1cc(C)ccc1[C@H](C)O. The van der Waals surface area contributed by atoms with E-state index in [-0.39, 0.29) is 0 Å². The van der Waals surface area contributed by atoms with Gasteiger partial charge < -0.3 is 9.84 Å². The van der Waals surface area contributed by atoms with Crippen LogP contribution in [-0.2, 0) is 0 Å². The number of ether oxygens (including phenoxy) is 1. The van der Waals surface area contributed by atoms with E-state index in [2.05, 4.69) is 5.92 Å². The van der Waals surface area contributed by atoms with Crippen molar-refractivity contribution in [3.63, 3.8) is 0 Å². The van der Waals surface area contributed by atoms with Crippen molar-refractivity contribution in [2.75, 3.05) is 6.61 Å². The van der Waals surface area contributed by atoms with Crippen LogP contribution >= 0.6 is 0 Å². The van der Waals surface area contributed by atoms with E-state index in [1.165, 1.54) is 0 Å². The molecule has 1 atom stereocenters. The Hall–Kier alpha value is -1.46. The highest BCUT2D eigenvalue weighted by atomic mass is 16.5. The third kappa shape index (κ3) is 3.30. The minimum absolute atomic E-state index is 0.486. The summed E-state index contributed by atoms with van der Waals surface area (Å²) >= 11 is 0. The smallest absolute Gasteiger partial charge is 0.125 e. The standard InChI is InChI=1S/C13H16O2/c1-4-5-8-15-13-9-10(2)6-7-12(13)11(3)14/h1,6-7,9,11,14H,5,8H2,2-3H3/t11-/m0/s1. The Morgan fingerprint density at radius 3 is 2.87 bits per heavy atom. The molecule has 0 fully saturated rings. The van der Waals surface area contributed by atoms with Gasteiger partial charge >= 0.3 is 0 Å². The van der Waals surface area contributed by atoms with Gasteiger partial charge in [0, 0.05) is 12.0 Å². The number of terminal acetylenes is 1. The molecule has 0 amide bonds. The highest BCUT2D eigenvalue weighted by Crippen LogP contribution is 2.26. The molecule has 80 valence electrons. The number of aliphatic hydroxyl groups excluding tert-OH is 1. The minimum Gasteiger partial charge on any atom is -0.492 e. The Morgan fingerprint density at radius 1 is 1.53 bits per heavy atom. The van der Waals surface area contributed by atoms with Crippen molar-refractivity contribution in [1.29, 1.82) is 0 Å². The van der Waals surface area contributed by atoms with E-state index in [4.69, 9.17) is 11.2 Å². The van der Waals surface area contributed by atoms with Crippen LogP contribution in [0.5, 0.6) is 5.75 Å². The Labute approximate surface area is 90.9 Å². The predicted molar refractivity (Wildman–Crippen MR) is 60.8 cm³/mol. The van der Waals surface area contributed by atoms with E-state index in [1.54, 1.807) is 6.92 Å². The second-order valence-corrected chi connectivity index (χ2v) is 3.52. The Kier molecular flexibility index (Phi) is 4.20. The molecule has 15 heavy (non-hydrogen) atoms. The van der Waals surface area contributed by atoms with E-state index in [0.29, 0.717) is 13.0 Å². The Bertz CT molecular complexity index is 361. The molecular formula is C13H16O2. The summed E-state index contributed by atoms with van der Waals surface area (Å²) < 4.78 is 5.52. The largest absolute Gasteiger partial charge is 0.492 e. The van der Waals surface area contributed by atoms with Crippen LogP contribution in [0.25, 0.3) is 0 Å². The summed E-state index contributed by atoms with van der Waals surface area (Å²) in [6, 6.07) is 5.75. The van der Waals surface area contributed by atoms with Crippen LogP contribution in [0.4, 0.5) is 0 Å². The van der Waals surface area contributed by atoms with Crippen molar-refractivity contribution >= 4 is 0 Å². The Balaban J connectivity index is 2.83. The molecule has 1 aromatic rings. The molecule has 0 aliphatic carbocycles. The maximum Gasteiger partial charge on any atom is 0.125 e. The third-order valence-corrected chi connectivity index (χ3v) is 2.12. The highest BCUT2D eigenvalue weighted by Gasteiger charge is 2.08. The van der Waals surface area contributed by atoms with E-state index in [9.17, 15) is 5.11 Å². The first-order chi connectivity index (χ1) is 7.15. The van der Waals surface area contributed by atoms with Crippen molar-refractivity contribution in [3.8, 4) is 18.1 Å². The second-order valence-electron chi connectivity index (χ2n) is 3.52. The molecule has 0 aliphatic rings. The summed E-state index contributed by atoms with van der Waals surface area (Å²) in [5.41, 5.74) is 1.91. The van der Waals surface area contributed by atoms with Gasteiger partial charge in [0.15, 0.2) is 0 Å². The lowest BCUT2D eigenvalue weighted by Crippen LogP contribution is -2.02. The molecule has 0 spiro atoms. The van der Waals surface area contributed by atoms with Crippen LogP contribution in [0.2, 0.25) is 0 Å². The molecule has 1 rings (SSSR count). The molecule has 2 heteroatoms. The second kappa shape index (κ2) is 5.43. The lowest BCUT2D eigenvalue weighted by molar-refractivity contribution is 0.191. The summed E-state index contributed by atoms with van der Waals surface area (Å²) in [7, 11) is 0. The predicted octanol–water partition coefficient (Wildman–Crippen LogP) is 2.45. The molecule has 0 radical (unpaired) electrons. The van der Waals surface area contributed by atoms with Gasteiger partial charge in [-0.25, -0.2) is 0 Å². The van der Waals surface area contributed by atoms with Crippen LogP contribution in [0.3, 0.4) is 0 Å². The first-order valence-corrected chi connectivity index (χ1v) is 5.00. The average molecular weight is 204 g/mol. The fourth-order valence-electron chi connectivity index (χ4n) is 1.33. The van der Waals surface area contributed by atoms with Crippen molar-refractivity contribution in [2.24, 2.45) is 0 Å². The summed E-state index contributed by atoms with van der Waals surface area (Å²) in [4.78, 5) is 0. The molecule has 0 saturated heterocycles. The van der Waals surface area contributed by atoms with Gasteiger partial charge in [0.25, 0.3) is 0 Å². The summed E-state index contributed by atoms with van der Waals surface area (Å²) in [6.45, 7) is 4.19. The van der Waals surface area contributed by atoms with Gasteiger partial charge in [-0.15, -0.1) is 12.3 Å². The van der Waals surface area contributed by atoms with Crippen LogP contribution in [-0.4, -0.2) is 11.7 Å². The van der Waals surface area contributed by atoms with Gasteiger partial charge in [0.05, 0.1) is 12.7 Å². The normalized spacial score (nSPS) is 11.9. The number of hydrogen-bond acceptors (Lipinski definition) is 2. The summed E-state index contributed by atoms with van der Waals surface area (Å²) in [6.07, 6.45) is 5.20. The van der Waals surface area contributed by atoms with Crippen molar-refractivity contribution in [3.05, 3.63) is 29.3 Å². The van der Waals surface area contributed by atoms with Crippen LogP contribution in [0.15, 0.2) is 18.2 Å². The van der Waals surface area contributed by atoms with Crippen LogP contribution < -0.4 is 4.74 Å². The van der Waals surface area contributed by atoms with Crippen molar-refractivity contribution in [1.82, 2.24) is 0 Å². The van der Waals surface area contributed by atoms with Gasteiger partial charge in [-0.05, 0) is 25.5 Å². The van der Waals surface area contributed by atoms with E-state index < -0.39 is 6.10 Å². The molecule has 0 unspecified atom stereocenters. The zero-order valence-corrected chi connectivity index (χ0v) is 9.16. The molecule has 1 N–H and O–H groups in total. The molecule has 0 bridgehead atoms. The van der Waals surface area contributed by atoms with Gasteiger partial charge in [-0.3, -0.25) is 0 Å². The quantitative estimate of drug-likeness (QED) is 0.603. The zero-order valence-electron chi connectivity index (χ0n) is 9.16. The average Bonchev–Trinajstić information content (AvgIpc) is 2.18. The number of aliphatic hydroxyl groups is 1. The maximum atomic E-state index is 9.53. The Morgan fingerprint density at radius 2 is 2.27 bits per heavy atom. The van der Waals surface area contributed by atoms with E-state index >= 15 is 0 Å². The van der Waals surface area contributed by atoms with Gasteiger partial charge in [-0.1, -0.05) is 12.1 Å². The van der Waals surface area contributed by atoms with Gasteiger partial charge in [0.2, 0.25) is 0 Å². The van der Waals surface area contributed by atoms with E-state index in [0.717, 1.165) is 16.9 Å². The molecular weight excluding hydrogens is 188 g/mol. The highest BCUT2D eigenvalue weighted by molar-refractivity contribution is 5.38. The first-order valence-electron chi connectivity index (χ1n) is 5.00. The third-order valence-electron chi connectivity index (χ3n) is 2.12. The zero-order chi connectivity index (χ0) is 11.3. The van der Waals surface area contributed by atoms with E-state index in [1.807, 2.05) is 25.1 Å². The molecule has 0 aliphatic heterocycles. The fourth-order valence-corrected chi connectivity index (χ4v) is 1.33. The van der Waals surface area contributed by atoms with Crippen molar-refractivity contribution < 1.29 is 9.84 Å². The number of benzene rings is 1.